The van der Waals surface area contributed by atoms with Crippen LogP contribution < -0.4 is 11.1 Å². The zero-order valence-electron chi connectivity index (χ0n) is 11.3. The van der Waals surface area contributed by atoms with Gasteiger partial charge in [0.15, 0.2) is 0 Å². The van der Waals surface area contributed by atoms with Crippen LogP contribution >= 0.6 is 0 Å². The minimum atomic E-state index is -0.155. The number of aryl methyl sites for hydroxylation is 3. The molecule has 2 aromatic rings. The van der Waals surface area contributed by atoms with Crippen molar-refractivity contribution in [1.29, 1.82) is 0 Å². The Bertz CT molecular complexity index is 618. The van der Waals surface area contributed by atoms with Crippen LogP contribution in [0.4, 0.5) is 11.5 Å². The lowest BCUT2D eigenvalue weighted by molar-refractivity contribution is 0.102. The molecule has 0 aliphatic rings. The normalized spacial score (nSPS) is 10.3. The molecule has 0 spiro atoms. The monoisotopic (exact) mass is 255 g/mol. The molecule has 3 N–H and O–H groups in total. The molecule has 1 heterocycles. The molecule has 98 valence electrons. The molecular weight excluding hydrogens is 238 g/mol. The summed E-state index contributed by atoms with van der Waals surface area (Å²) in [6.07, 6.45) is 1.52. The highest BCUT2D eigenvalue weighted by molar-refractivity contribution is 6.05. The van der Waals surface area contributed by atoms with Gasteiger partial charge in [0.25, 0.3) is 5.91 Å². The topological polar surface area (TPSA) is 68.0 Å². The van der Waals surface area contributed by atoms with Crippen molar-refractivity contribution in [3.63, 3.8) is 0 Å². The van der Waals surface area contributed by atoms with Gasteiger partial charge in [-0.25, -0.2) is 4.98 Å². The van der Waals surface area contributed by atoms with Crippen LogP contribution in [0.3, 0.4) is 0 Å². The number of nitrogen functional groups attached to an aromatic ring is 1. The number of nitrogens with two attached hydrogens (primary N) is 1. The van der Waals surface area contributed by atoms with Gasteiger partial charge in [-0.05, 0) is 55.7 Å². The minimum absolute atomic E-state index is 0.155. The first-order valence-electron chi connectivity index (χ1n) is 6.08. The fourth-order valence-electron chi connectivity index (χ4n) is 1.87. The molecule has 1 aromatic carbocycles. The molecule has 19 heavy (non-hydrogen) atoms. The number of rotatable bonds is 2. The van der Waals surface area contributed by atoms with Crippen molar-refractivity contribution in [3.05, 3.63) is 52.7 Å². The van der Waals surface area contributed by atoms with Crippen molar-refractivity contribution in [1.82, 2.24) is 4.98 Å². The number of nitrogens with zero attached hydrogens (tertiary/aromatic N) is 1. The van der Waals surface area contributed by atoms with Crippen LogP contribution in [0.15, 0.2) is 30.5 Å². The number of hydrogen-bond donors (Lipinski definition) is 2. The SMILES string of the molecule is Cc1cc(C)c(C(=O)Nc2ccc(N)cn2)cc1C. The molecule has 0 saturated carbocycles. The van der Waals surface area contributed by atoms with Gasteiger partial charge in [-0.3, -0.25) is 4.79 Å². The van der Waals surface area contributed by atoms with Crippen LogP contribution in [0, 0.1) is 20.8 Å². The molecule has 0 aliphatic carbocycles. The number of aromatic nitrogens is 1. The number of hydrogen-bond acceptors (Lipinski definition) is 3. The Morgan fingerprint density at radius 3 is 2.42 bits per heavy atom. The van der Waals surface area contributed by atoms with Gasteiger partial charge in [0.2, 0.25) is 0 Å². The van der Waals surface area contributed by atoms with E-state index in [0.717, 1.165) is 11.1 Å². The molecule has 1 amide bonds. The summed E-state index contributed by atoms with van der Waals surface area (Å²) in [5, 5.41) is 2.77. The molecule has 0 radical (unpaired) electrons. The summed E-state index contributed by atoms with van der Waals surface area (Å²) in [6, 6.07) is 7.30. The Morgan fingerprint density at radius 1 is 1.11 bits per heavy atom. The van der Waals surface area contributed by atoms with E-state index in [1.807, 2.05) is 32.9 Å². The summed E-state index contributed by atoms with van der Waals surface area (Å²) < 4.78 is 0. The maximum atomic E-state index is 12.2. The Kier molecular flexibility index (Phi) is 3.51. The molecule has 0 aliphatic heterocycles. The number of anilines is 2. The summed E-state index contributed by atoms with van der Waals surface area (Å²) in [5.41, 5.74) is 10.0. The molecule has 0 fully saturated rings. The first kappa shape index (κ1) is 13.1. The standard InChI is InChI=1S/C15H17N3O/c1-9-6-11(3)13(7-10(9)2)15(19)18-14-5-4-12(16)8-17-14/h4-8H,16H2,1-3H3,(H,17,18,19). The van der Waals surface area contributed by atoms with E-state index in [0.29, 0.717) is 17.1 Å². The maximum absolute atomic E-state index is 12.2. The van der Waals surface area contributed by atoms with Gasteiger partial charge in [0.05, 0.1) is 11.9 Å². The van der Waals surface area contributed by atoms with E-state index in [-0.39, 0.29) is 5.91 Å². The summed E-state index contributed by atoms with van der Waals surface area (Å²) in [6.45, 7) is 5.95. The second kappa shape index (κ2) is 5.10. The average Bonchev–Trinajstić information content (AvgIpc) is 2.36. The first-order chi connectivity index (χ1) is 8.97. The van der Waals surface area contributed by atoms with Gasteiger partial charge in [-0.1, -0.05) is 6.07 Å². The molecule has 4 nitrogen and oxygen atoms in total. The summed E-state index contributed by atoms with van der Waals surface area (Å²) in [7, 11) is 0. The van der Waals surface area contributed by atoms with Crippen molar-refractivity contribution >= 4 is 17.4 Å². The predicted molar refractivity (Wildman–Crippen MR) is 77.3 cm³/mol. The Morgan fingerprint density at radius 2 is 1.79 bits per heavy atom. The van der Waals surface area contributed by atoms with Gasteiger partial charge in [0, 0.05) is 5.56 Å². The van der Waals surface area contributed by atoms with Crippen molar-refractivity contribution in [3.8, 4) is 0 Å². The van der Waals surface area contributed by atoms with E-state index < -0.39 is 0 Å². The third-order valence-corrected chi connectivity index (χ3v) is 3.11. The van der Waals surface area contributed by atoms with E-state index in [1.165, 1.54) is 11.8 Å². The molecule has 4 heteroatoms. The van der Waals surface area contributed by atoms with E-state index >= 15 is 0 Å². The van der Waals surface area contributed by atoms with Crippen molar-refractivity contribution in [2.75, 3.05) is 11.1 Å². The van der Waals surface area contributed by atoms with Crippen molar-refractivity contribution < 1.29 is 4.79 Å². The van der Waals surface area contributed by atoms with Crippen LogP contribution in [0.2, 0.25) is 0 Å². The molecule has 0 atom stereocenters. The van der Waals surface area contributed by atoms with Crippen LogP contribution in [0.5, 0.6) is 0 Å². The zero-order chi connectivity index (χ0) is 14.0. The lowest BCUT2D eigenvalue weighted by atomic mass is 10.0. The Labute approximate surface area is 112 Å². The third kappa shape index (κ3) is 2.91. The molecule has 2 rings (SSSR count). The van der Waals surface area contributed by atoms with E-state index in [2.05, 4.69) is 10.3 Å². The highest BCUT2D eigenvalue weighted by atomic mass is 16.1. The maximum Gasteiger partial charge on any atom is 0.257 e. The van der Waals surface area contributed by atoms with E-state index in [1.54, 1.807) is 12.1 Å². The Balaban J connectivity index is 2.25. The quantitative estimate of drug-likeness (QED) is 0.867. The van der Waals surface area contributed by atoms with E-state index in [9.17, 15) is 4.79 Å². The third-order valence-electron chi connectivity index (χ3n) is 3.11. The molecule has 0 bridgehead atoms. The highest BCUT2D eigenvalue weighted by Gasteiger charge is 2.11. The largest absolute Gasteiger partial charge is 0.397 e. The smallest absolute Gasteiger partial charge is 0.257 e. The lowest BCUT2D eigenvalue weighted by Crippen LogP contribution is -2.14. The summed E-state index contributed by atoms with van der Waals surface area (Å²) in [4.78, 5) is 16.3. The summed E-state index contributed by atoms with van der Waals surface area (Å²) in [5.74, 6) is 0.342. The highest BCUT2D eigenvalue weighted by Crippen LogP contribution is 2.17. The number of carbonyl (C=O) groups excluding carboxylic acids is 1. The molecule has 1 aromatic heterocycles. The zero-order valence-corrected chi connectivity index (χ0v) is 11.3. The second-order valence-electron chi connectivity index (χ2n) is 4.68. The Hall–Kier alpha value is -2.36. The molecule has 0 saturated heterocycles. The fraction of sp³-hybridized carbons (Fsp3) is 0.200. The number of amides is 1. The van der Waals surface area contributed by atoms with Gasteiger partial charge in [0.1, 0.15) is 5.82 Å². The fourth-order valence-corrected chi connectivity index (χ4v) is 1.87. The number of benzene rings is 1. The van der Waals surface area contributed by atoms with Gasteiger partial charge >= 0.3 is 0 Å². The van der Waals surface area contributed by atoms with Crippen molar-refractivity contribution in [2.45, 2.75) is 20.8 Å². The second-order valence-corrected chi connectivity index (χ2v) is 4.68. The average molecular weight is 255 g/mol. The number of pyridine rings is 1. The van der Waals surface area contributed by atoms with Crippen LogP contribution in [0.25, 0.3) is 0 Å². The predicted octanol–water partition coefficient (Wildman–Crippen LogP) is 2.84. The van der Waals surface area contributed by atoms with Crippen LogP contribution in [-0.2, 0) is 0 Å². The summed E-state index contributed by atoms with van der Waals surface area (Å²) >= 11 is 0. The van der Waals surface area contributed by atoms with E-state index in [4.69, 9.17) is 5.73 Å². The van der Waals surface area contributed by atoms with Gasteiger partial charge < -0.3 is 11.1 Å². The minimum Gasteiger partial charge on any atom is -0.397 e. The van der Waals surface area contributed by atoms with Crippen LogP contribution in [-0.4, -0.2) is 10.9 Å². The van der Waals surface area contributed by atoms with Crippen LogP contribution in [0.1, 0.15) is 27.0 Å². The van der Waals surface area contributed by atoms with Gasteiger partial charge in [-0.15, -0.1) is 0 Å². The first-order valence-corrected chi connectivity index (χ1v) is 6.08. The molecule has 0 unspecified atom stereocenters. The number of carbonyl (C=O) groups is 1. The van der Waals surface area contributed by atoms with Gasteiger partial charge in [-0.2, -0.15) is 0 Å². The van der Waals surface area contributed by atoms with Crippen molar-refractivity contribution in [2.24, 2.45) is 0 Å². The lowest BCUT2D eigenvalue weighted by Gasteiger charge is -2.10. The molecular formula is C15H17N3O. The number of nitrogens with one attached hydrogen (secondary N) is 1.